The number of alkyl halides is 1. The van der Waals surface area contributed by atoms with Crippen molar-refractivity contribution in [2.75, 3.05) is 19.1 Å². The van der Waals surface area contributed by atoms with Crippen LogP contribution in [0.15, 0.2) is 48.5 Å². The Morgan fingerprint density at radius 3 is 1.96 bits per heavy atom. The fraction of sp³-hybridized carbons (Fsp3) is 0.348. The van der Waals surface area contributed by atoms with Crippen molar-refractivity contribution in [1.82, 2.24) is 0 Å². The van der Waals surface area contributed by atoms with E-state index in [2.05, 4.69) is 32.9 Å². The largest absolute Gasteiger partial charge is 0.493 e. The predicted molar refractivity (Wildman–Crippen MR) is 112 cm³/mol. The van der Waals surface area contributed by atoms with Crippen LogP contribution in [0.25, 0.3) is 0 Å². The number of halogens is 1. The van der Waals surface area contributed by atoms with Crippen LogP contribution < -0.4 is 9.47 Å². The molecule has 1 atom stereocenters. The maximum Gasteiger partial charge on any atom is 0.303 e. The van der Waals surface area contributed by atoms with E-state index in [0.29, 0.717) is 12.4 Å². The minimum absolute atomic E-state index is 0.175. The summed E-state index contributed by atoms with van der Waals surface area (Å²) in [6.45, 7) is 10.1. The SMILES string of the molecule is [CH2][CH]COc1ccc(C(C)(C)c2ccc(OC[C@@H](CCl)OC(C)=O)cc2)cc1. The number of carbonyl (C=O) groups is 1. The zero-order valence-corrected chi connectivity index (χ0v) is 17.4. The third-order valence-electron chi connectivity index (χ3n) is 4.46. The van der Waals surface area contributed by atoms with Crippen LogP contribution in [-0.2, 0) is 14.9 Å². The highest BCUT2D eigenvalue weighted by molar-refractivity contribution is 6.18. The average molecular weight is 403 g/mol. The van der Waals surface area contributed by atoms with E-state index in [1.165, 1.54) is 12.5 Å². The number of rotatable bonds is 10. The molecule has 0 fully saturated rings. The molecule has 0 amide bonds. The maximum absolute atomic E-state index is 11.0. The molecular formula is C23H27ClO4. The van der Waals surface area contributed by atoms with Crippen LogP contribution in [0.3, 0.4) is 0 Å². The molecule has 28 heavy (non-hydrogen) atoms. The third kappa shape index (κ3) is 6.16. The van der Waals surface area contributed by atoms with E-state index < -0.39 is 6.10 Å². The highest BCUT2D eigenvalue weighted by Crippen LogP contribution is 2.33. The van der Waals surface area contributed by atoms with Crippen LogP contribution in [0.4, 0.5) is 0 Å². The van der Waals surface area contributed by atoms with Gasteiger partial charge in [0.2, 0.25) is 0 Å². The Hall–Kier alpha value is -2.20. The Labute approximate surface area is 172 Å². The summed E-state index contributed by atoms with van der Waals surface area (Å²) in [6.07, 6.45) is 1.26. The third-order valence-corrected chi connectivity index (χ3v) is 4.80. The van der Waals surface area contributed by atoms with Gasteiger partial charge in [-0.05, 0) is 48.7 Å². The van der Waals surface area contributed by atoms with Gasteiger partial charge >= 0.3 is 5.97 Å². The molecule has 0 bridgehead atoms. The molecule has 5 heteroatoms. The molecule has 0 N–H and O–H groups in total. The van der Waals surface area contributed by atoms with E-state index in [0.717, 1.165) is 11.3 Å². The molecule has 0 aromatic heterocycles. The Balaban J connectivity index is 2.03. The number of esters is 1. The van der Waals surface area contributed by atoms with Gasteiger partial charge in [0.15, 0.2) is 0 Å². The molecule has 0 aliphatic heterocycles. The van der Waals surface area contributed by atoms with Gasteiger partial charge in [0.05, 0.1) is 12.5 Å². The van der Waals surface area contributed by atoms with Crippen molar-refractivity contribution >= 4 is 17.6 Å². The molecule has 2 aromatic rings. The van der Waals surface area contributed by atoms with Gasteiger partial charge in [-0.1, -0.05) is 38.1 Å². The lowest BCUT2D eigenvalue weighted by Gasteiger charge is -2.26. The summed E-state index contributed by atoms with van der Waals surface area (Å²) in [5, 5.41) is 0. The normalized spacial score (nSPS) is 12.3. The lowest BCUT2D eigenvalue weighted by molar-refractivity contribution is -0.146. The summed E-state index contributed by atoms with van der Waals surface area (Å²) in [5.41, 5.74) is 2.17. The van der Waals surface area contributed by atoms with E-state index in [1.54, 1.807) is 6.42 Å². The van der Waals surface area contributed by atoms with E-state index in [-0.39, 0.29) is 23.9 Å². The molecule has 0 aliphatic carbocycles. The van der Waals surface area contributed by atoms with Crippen molar-refractivity contribution in [2.24, 2.45) is 0 Å². The highest BCUT2D eigenvalue weighted by Gasteiger charge is 2.23. The molecule has 0 saturated heterocycles. The summed E-state index contributed by atoms with van der Waals surface area (Å²) in [7, 11) is 0. The fourth-order valence-corrected chi connectivity index (χ4v) is 2.94. The van der Waals surface area contributed by atoms with Crippen molar-refractivity contribution in [3.8, 4) is 11.5 Å². The Kier molecular flexibility index (Phi) is 8.18. The summed E-state index contributed by atoms with van der Waals surface area (Å²) < 4.78 is 16.3. The number of benzene rings is 2. The summed E-state index contributed by atoms with van der Waals surface area (Å²) >= 11 is 5.80. The van der Waals surface area contributed by atoms with Crippen molar-refractivity contribution in [3.63, 3.8) is 0 Å². The molecule has 2 radical (unpaired) electrons. The second kappa shape index (κ2) is 10.4. The van der Waals surface area contributed by atoms with Gasteiger partial charge in [0.1, 0.15) is 24.2 Å². The second-order valence-electron chi connectivity index (χ2n) is 6.97. The van der Waals surface area contributed by atoms with Gasteiger partial charge in [0.25, 0.3) is 0 Å². The zero-order chi connectivity index (χ0) is 20.6. The van der Waals surface area contributed by atoms with E-state index in [1.807, 2.05) is 36.4 Å². The molecule has 2 rings (SSSR count). The lowest BCUT2D eigenvalue weighted by Crippen LogP contribution is -2.25. The monoisotopic (exact) mass is 402 g/mol. The van der Waals surface area contributed by atoms with E-state index in [9.17, 15) is 4.79 Å². The first-order chi connectivity index (χ1) is 13.4. The van der Waals surface area contributed by atoms with E-state index in [4.69, 9.17) is 25.8 Å². The second-order valence-corrected chi connectivity index (χ2v) is 7.28. The zero-order valence-electron chi connectivity index (χ0n) is 16.6. The van der Waals surface area contributed by atoms with Gasteiger partial charge in [-0.25, -0.2) is 0 Å². The summed E-state index contributed by atoms with van der Waals surface area (Å²) in [4.78, 5) is 11.0. The van der Waals surface area contributed by atoms with Crippen LogP contribution in [0.1, 0.15) is 31.9 Å². The first kappa shape index (κ1) is 22.1. The topological polar surface area (TPSA) is 44.8 Å². The number of hydrogen-bond acceptors (Lipinski definition) is 4. The Morgan fingerprint density at radius 1 is 1.04 bits per heavy atom. The Morgan fingerprint density at radius 2 is 1.54 bits per heavy atom. The molecule has 150 valence electrons. The fourth-order valence-electron chi connectivity index (χ4n) is 2.79. The quantitative estimate of drug-likeness (QED) is 0.415. The van der Waals surface area contributed by atoms with Gasteiger partial charge < -0.3 is 14.2 Å². The van der Waals surface area contributed by atoms with Crippen molar-refractivity contribution in [2.45, 2.75) is 32.3 Å². The summed E-state index contributed by atoms with van der Waals surface area (Å²) in [5.74, 6) is 1.35. The molecule has 4 nitrogen and oxygen atoms in total. The van der Waals surface area contributed by atoms with Crippen LogP contribution in [0.5, 0.6) is 11.5 Å². The molecular weight excluding hydrogens is 376 g/mol. The highest BCUT2D eigenvalue weighted by atomic mass is 35.5. The number of ether oxygens (including phenoxy) is 3. The van der Waals surface area contributed by atoms with Gasteiger partial charge in [0, 0.05) is 12.3 Å². The summed E-state index contributed by atoms with van der Waals surface area (Å²) in [6, 6.07) is 16.0. The van der Waals surface area contributed by atoms with Gasteiger partial charge in [-0.3, -0.25) is 4.79 Å². The van der Waals surface area contributed by atoms with Crippen LogP contribution in [0.2, 0.25) is 0 Å². The maximum atomic E-state index is 11.0. The number of carbonyl (C=O) groups excluding carboxylic acids is 1. The Bertz CT molecular complexity index is 738. The standard InChI is InChI=1S/C23H27ClO4/c1-5-14-26-20-10-6-18(7-11-20)23(3,4)19-8-12-21(13-9-19)27-16-22(15-24)28-17(2)25/h5-13,22H,1,14-16H2,2-4H3/t22-/m1/s1. The van der Waals surface area contributed by atoms with Crippen LogP contribution >= 0.6 is 11.6 Å². The molecule has 0 aliphatic rings. The average Bonchev–Trinajstić information content (AvgIpc) is 2.70. The van der Waals surface area contributed by atoms with Crippen molar-refractivity contribution in [1.29, 1.82) is 0 Å². The van der Waals surface area contributed by atoms with Crippen LogP contribution in [-0.4, -0.2) is 31.2 Å². The van der Waals surface area contributed by atoms with Crippen molar-refractivity contribution in [3.05, 3.63) is 73.0 Å². The van der Waals surface area contributed by atoms with Crippen LogP contribution in [0, 0.1) is 13.3 Å². The molecule has 2 aromatic carbocycles. The predicted octanol–water partition coefficient (Wildman–Crippen LogP) is 4.98. The van der Waals surface area contributed by atoms with Gasteiger partial charge in [-0.2, -0.15) is 0 Å². The lowest BCUT2D eigenvalue weighted by atomic mass is 9.78. The smallest absolute Gasteiger partial charge is 0.303 e. The molecule has 0 unspecified atom stereocenters. The minimum atomic E-state index is -0.461. The number of hydrogen-bond donors (Lipinski definition) is 0. The first-order valence-electron chi connectivity index (χ1n) is 9.17. The first-order valence-corrected chi connectivity index (χ1v) is 9.71. The molecule has 0 saturated carbocycles. The van der Waals surface area contributed by atoms with Crippen molar-refractivity contribution < 1.29 is 19.0 Å². The molecule has 0 heterocycles. The van der Waals surface area contributed by atoms with E-state index >= 15 is 0 Å². The minimum Gasteiger partial charge on any atom is -0.493 e. The molecule has 0 spiro atoms. The van der Waals surface area contributed by atoms with Gasteiger partial charge in [-0.15, -0.1) is 11.6 Å².